The van der Waals surface area contributed by atoms with Crippen LogP contribution in [0.25, 0.3) is 10.8 Å². The predicted molar refractivity (Wildman–Crippen MR) is 85.2 cm³/mol. The molecule has 2 aromatic heterocycles. The zero-order valence-corrected chi connectivity index (χ0v) is 13.9. The molecule has 1 fully saturated rings. The molecule has 0 radical (unpaired) electrons. The molecule has 1 saturated heterocycles. The molecule has 1 aliphatic heterocycles. The van der Waals surface area contributed by atoms with Crippen LogP contribution in [0.5, 0.6) is 0 Å². The van der Waals surface area contributed by atoms with Crippen molar-refractivity contribution in [1.82, 2.24) is 9.88 Å². The van der Waals surface area contributed by atoms with Crippen LogP contribution >= 0.6 is 11.3 Å². The SMILES string of the molecule is Cc1ccc(-c2nc(C)c(C(=O)N(C)C[C@H]3CCCO3)s2)o1. The van der Waals surface area contributed by atoms with E-state index >= 15 is 0 Å². The van der Waals surface area contributed by atoms with Gasteiger partial charge in [0, 0.05) is 20.2 Å². The van der Waals surface area contributed by atoms with Crippen molar-refractivity contribution in [2.24, 2.45) is 0 Å². The molecule has 0 aromatic carbocycles. The van der Waals surface area contributed by atoms with Crippen molar-refractivity contribution in [3.05, 3.63) is 28.5 Å². The molecular weight excluding hydrogens is 300 g/mol. The van der Waals surface area contributed by atoms with E-state index in [1.165, 1.54) is 11.3 Å². The van der Waals surface area contributed by atoms with Crippen molar-refractivity contribution in [2.45, 2.75) is 32.8 Å². The van der Waals surface area contributed by atoms with Crippen molar-refractivity contribution in [1.29, 1.82) is 0 Å². The molecule has 2 aromatic rings. The Morgan fingerprint density at radius 1 is 1.45 bits per heavy atom. The average molecular weight is 320 g/mol. The van der Waals surface area contributed by atoms with E-state index in [1.54, 1.807) is 4.90 Å². The first-order chi connectivity index (χ1) is 10.5. The van der Waals surface area contributed by atoms with Gasteiger partial charge in [-0.1, -0.05) is 0 Å². The van der Waals surface area contributed by atoms with Gasteiger partial charge in [0.05, 0.1) is 11.8 Å². The number of ether oxygens (including phenoxy) is 1. The fourth-order valence-electron chi connectivity index (χ4n) is 2.60. The highest BCUT2D eigenvalue weighted by molar-refractivity contribution is 7.17. The fraction of sp³-hybridized carbons (Fsp3) is 0.500. The second-order valence-electron chi connectivity index (χ2n) is 5.66. The third kappa shape index (κ3) is 3.08. The molecule has 0 bridgehead atoms. The fourth-order valence-corrected chi connectivity index (χ4v) is 3.62. The number of furan rings is 1. The van der Waals surface area contributed by atoms with E-state index in [9.17, 15) is 4.79 Å². The molecule has 1 aliphatic rings. The first kappa shape index (κ1) is 15.2. The Morgan fingerprint density at radius 3 is 2.91 bits per heavy atom. The average Bonchev–Trinajstić information content (AvgIpc) is 3.19. The standard InChI is InChI=1S/C16H20N2O3S/c1-10-6-7-13(21-10)15-17-11(2)14(22-15)16(19)18(3)9-12-5-4-8-20-12/h6-7,12H,4-5,8-9H2,1-3H3/t12-/m1/s1. The maximum Gasteiger partial charge on any atom is 0.265 e. The summed E-state index contributed by atoms with van der Waals surface area (Å²) in [7, 11) is 1.82. The molecule has 3 heterocycles. The number of hydrogen-bond acceptors (Lipinski definition) is 5. The van der Waals surface area contributed by atoms with Gasteiger partial charge in [-0.2, -0.15) is 0 Å². The van der Waals surface area contributed by atoms with Crippen LogP contribution in [0.15, 0.2) is 16.5 Å². The molecule has 0 N–H and O–H groups in total. The van der Waals surface area contributed by atoms with E-state index in [4.69, 9.17) is 9.15 Å². The summed E-state index contributed by atoms with van der Waals surface area (Å²) in [6, 6.07) is 3.79. The van der Waals surface area contributed by atoms with E-state index in [1.807, 2.05) is 33.0 Å². The molecule has 0 unspecified atom stereocenters. The maximum atomic E-state index is 12.6. The van der Waals surface area contributed by atoms with Crippen molar-refractivity contribution in [3.63, 3.8) is 0 Å². The van der Waals surface area contributed by atoms with Gasteiger partial charge in [-0.3, -0.25) is 4.79 Å². The lowest BCUT2D eigenvalue weighted by molar-refractivity contribution is 0.0590. The summed E-state index contributed by atoms with van der Waals surface area (Å²) < 4.78 is 11.2. The van der Waals surface area contributed by atoms with Crippen LogP contribution in [0.1, 0.15) is 34.0 Å². The zero-order valence-electron chi connectivity index (χ0n) is 13.1. The van der Waals surface area contributed by atoms with Gasteiger partial charge in [-0.25, -0.2) is 4.98 Å². The maximum absolute atomic E-state index is 12.6. The first-order valence-corrected chi connectivity index (χ1v) is 8.27. The third-order valence-electron chi connectivity index (χ3n) is 3.79. The summed E-state index contributed by atoms with van der Waals surface area (Å²) in [6.07, 6.45) is 2.26. The number of likely N-dealkylation sites (N-methyl/N-ethyl adjacent to an activating group) is 1. The molecule has 0 spiro atoms. The Balaban J connectivity index is 1.76. The minimum Gasteiger partial charge on any atom is -0.459 e. The van der Waals surface area contributed by atoms with Crippen LogP contribution < -0.4 is 0 Å². The number of amides is 1. The number of nitrogens with zero attached hydrogens (tertiary/aromatic N) is 2. The number of aryl methyl sites for hydroxylation is 2. The van der Waals surface area contributed by atoms with Gasteiger partial charge in [0.2, 0.25) is 0 Å². The third-order valence-corrected chi connectivity index (χ3v) is 4.95. The number of thiazole rings is 1. The Kier molecular flexibility index (Phi) is 4.31. The smallest absolute Gasteiger partial charge is 0.265 e. The Morgan fingerprint density at radius 2 is 2.27 bits per heavy atom. The summed E-state index contributed by atoms with van der Waals surface area (Å²) in [5.74, 6) is 1.55. The lowest BCUT2D eigenvalue weighted by Crippen LogP contribution is -2.33. The summed E-state index contributed by atoms with van der Waals surface area (Å²) in [4.78, 5) is 19.5. The predicted octanol–water partition coefficient (Wildman–Crippen LogP) is 3.27. The van der Waals surface area contributed by atoms with E-state index in [2.05, 4.69) is 4.98 Å². The Bertz CT molecular complexity index is 671. The number of carbonyl (C=O) groups excluding carboxylic acids is 1. The molecule has 0 saturated carbocycles. The van der Waals surface area contributed by atoms with Crippen molar-refractivity contribution in [3.8, 4) is 10.8 Å². The van der Waals surface area contributed by atoms with Crippen molar-refractivity contribution < 1.29 is 13.9 Å². The van der Waals surface area contributed by atoms with E-state index in [0.29, 0.717) is 17.2 Å². The minimum atomic E-state index is 0.0000260. The highest BCUT2D eigenvalue weighted by Gasteiger charge is 2.24. The topological polar surface area (TPSA) is 55.6 Å². The second-order valence-corrected chi connectivity index (χ2v) is 6.66. The van der Waals surface area contributed by atoms with Crippen molar-refractivity contribution >= 4 is 17.2 Å². The summed E-state index contributed by atoms with van der Waals surface area (Å²) in [6.45, 7) is 5.19. The Labute approximate surface area is 133 Å². The highest BCUT2D eigenvalue weighted by Crippen LogP contribution is 2.30. The number of carbonyl (C=O) groups is 1. The monoisotopic (exact) mass is 320 g/mol. The van der Waals surface area contributed by atoms with Gasteiger partial charge in [0.1, 0.15) is 10.6 Å². The van der Waals surface area contributed by atoms with Crippen molar-refractivity contribution in [2.75, 3.05) is 20.2 Å². The van der Waals surface area contributed by atoms with Crippen LogP contribution in [0.4, 0.5) is 0 Å². The van der Waals surface area contributed by atoms with Crippen LogP contribution in [0.2, 0.25) is 0 Å². The number of hydrogen-bond donors (Lipinski definition) is 0. The summed E-state index contributed by atoms with van der Waals surface area (Å²) in [5.41, 5.74) is 0.748. The molecule has 118 valence electrons. The molecule has 3 rings (SSSR count). The zero-order chi connectivity index (χ0) is 15.7. The largest absolute Gasteiger partial charge is 0.459 e. The van der Waals surface area contributed by atoms with Gasteiger partial charge in [0.25, 0.3) is 5.91 Å². The van der Waals surface area contributed by atoms with Crippen LogP contribution in [0, 0.1) is 13.8 Å². The minimum absolute atomic E-state index is 0.0000260. The van der Waals surface area contributed by atoms with Gasteiger partial charge >= 0.3 is 0 Å². The van der Waals surface area contributed by atoms with E-state index in [0.717, 1.165) is 35.9 Å². The van der Waals surface area contributed by atoms with E-state index in [-0.39, 0.29) is 12.0 Å². The molecule has 6 heteroatoms. The number of aromatic nitrogens is 1. The van der Waals surface area contributed by atoms with Gasteiger partial charge in [-0.05, 0) is 38.8 Å². The first-order valence-electron chi connectivity index (χ1n) is 7.46. The lowest BCUT2D eigenvalue weighted by atomic mass is 10.2. The van der Waals surface area contributed by atoms with Crippen LogP contribution in [0.3, 0.4) is 0 Å². The molecular formula is C16H20N2O3S. The Hall–Kier alpha value is -1.66. The summed E-state index contributed by atoms with van der Waals surface area (Å²) >= 11 is 1.38. The molecule has 5 nitrogen and oxygen atoms in total. The highest BCUT2D eigenvalue weighted by atomic mass is 32.1. The molecule has 1 atom stereocenters. The van der Waals surface area contributed by atoms with Crippen LogP contribution in [-0.2, 0) is 4.74 Å². The van der Waals surface area contributed by atoms with Gasteiger partial charge in [-0.15, -0.1) is 11.3 Å². The number of rotatable bonds is 4. The van der Waals surface area contributed by atoms with Crippen LogP contribution in [-0.4, -0.2) is 42.1 Å². The van der Waals surface area contributed by atoms with E-state index < -0.39 is 0 Å². The normalized spacial score (nSPS) is 17.9. The van der Waals surface area contributed by atoms with Gasteiger partial charge in [0.15, 0.2) is 10.8 Å². The summed E-state index contributed by atoms with van der Waals surface area (Å²) in [5, 5.41) is 0.750. The van der Waals surface area contributed by atoms with Gasteiger partial charge < -0.3 is 14.1 Å². The quantitative estimate of drug-likeness (QED) is 0.867. The lowest BCUT2D eigenvalue weighted by Gasteiger charge is -2.20. The molecule has 22 heavy (non-hydrogen) atoms. The molecule has 0 aliphatic carbocycles. The molecule has 1 amide bonds. The second kappa shape index (κ2) is 6.22.